The van der Waals surface area contributed by atoms with Gasteiger partial charge in [0.15, 0.2) is 17.2 Å². The number of benzene rings is 1. The van der Waals surface area contributed by atoms with Crippen molar-refractivity contribution in [1.82, 2.24) is 0 Å². The van der Waals surface area contributed by atoms with E-state index in [0.29, 0.717) is 16.0 Å². The Hall–Kier alpha value is -2.14. The predicted octanol–water partition coefficient (Wildman–Crippen LogP) is 3.87. The molecule has 0 unspecified atom stereocenters. The molecule has 2 aromatic heterocycles. The van der Waals surface area contributed by atoms with Crippen LogP contribution in [0.5, 0.6) is 5.75 Å². The maximum absolute atomic E-state index is 13.5. The Morgan fingerprint density at radius 2 is 2.21 bits per heavy atom. The molecule has 3 rings (SSSR count). The molecule has 0 aliphatic heterocycles. The molecule has 5 heteroatoms. The number of hydrogen-bond donors (Lipinski definition) is 0. The van der Waals surface area contributed by atoms with Crippen LogP contribution in [0.25, 0.3) is 11.0 Å². The number of furan rings is 1. The Balaban J connectivity index is 2.04. The molecule has 0 N–H and O–H groups in total. The molecule has 0 radical (unpaired) electrons. The number of ketones is 1. The Kier molecular flexibility index (Phi) is 2.83. The standard InChI is InChI=1S/C14H9FO3S/c1-17-9-6-12(19-7-9)13(16)11-5-8-3-2-4-10(15)14(8)18-11/h2-7H,1H3. The number of halogens is 1. The number of fused-ring (bicyclic) bond motifs is 1. The van der Waals surface area contributed by atoms with Crippen molar-refractivity contribution in [3.05, 3.63) is 52.2 Å². The van der Waals surface area contributed by atoms with E-state index in [1.807, 2.05) is 0 Å². The Bertz CT molecular complexity index is 757. The van der Waals surface area contributed by atoms with Crippen molar-refractivity contribution in [3.63, 3.8) is 0 Å². The summed E-state index contributed by atoms with van der Waals surface area (Å²) in [6, 6.07) is 7.76. The summed E-state index contributed by atoms with van der Waals surface area (Å²) >= 11 is 1.26. The second kappa shape index (κ2) is 4.51. The molecular weight excluding hydrogens is 267 g/mol. The van der Waals surface area contributed by atoms with Crippen LogP contribution < -0.4 is 4.74 Å². The van der Waals surface area contributed by atoms with E-state index < -0.39 is 5.82 Å². The lowest BCUT2D eigenvalue weighted by atomic mass is 10.2. The Labute approximate surface area is 112 Å². The first-order chi connectivity index (χ1) is 9.19. The third-order valence-electron chi connectivity index (χ3n) is 2.75. The van der Waals surface area contributed by atoms with Gasteiger partial charge in [0.05, 0.1) is 12.0 Å². The zero-order valence-electron chi connectivity index (χ0n) is 9.98. The summed E-state index contributed by atoms with van der Waals surface area (Å²) in [6.45, 7) is 0. The van der Waals surface area contributed by atoms with E-state index in [2.05, 4.69) is 0 Å². The summed E-state index contributed by atoms with van der Waals surface area (Å²) in [5.41, 5.74) is 0.106. The van der Waals surface area contributed by atoms with Crippen LogP contribution in [0.15, 0.2) is 40.1 Å². The maximum Gasteiger partial charge on any atom is 0.238 e. The third kappa shape index (κ3) is 2.02. The normalized spacial score (nSPS) is 10.8. The summed E-state index contributed by atoms with van der Waals surface area (Å²) in [6.07, 6.45) is 0. The molecule has 0 amide bonds. The van der Waals surface area contributed by atoms with Crippen molar-refractivity contribution < 1.29 is 18.3 Å². The summed E-state index contributed by atoms with van der Waals surface area (Å²) in [5.74, 6) is 0.00412. The highest BCUT2D eigenvalue weighted by atomic mass is 32.1. The average molecular weight is 276 g/mol. The fourth-order valence-corrected chi connectivity index (χ4v) is 2.60. The van der Waals surface area contributed by atoms with Crippen molar-refractivity contribution in [1.29, 1.82) is 0 Å². The van der Waals surface area contributed by atoms with Crippen LogP contribution in [0.2, 0.25) is 0 Å². The van der Waals surface area contributed by atoms with Gasteiger partial charge >= 0.3 is 0 Å². The number of rotatable bonds is 3. The van der Waals surface area contributed by atoms with Crippen LogP contribution >= 0.6 is 11.3 Å². The number of carbonyl (C=O) groups excluding carboxylic acids is 1. The van der Waals surface area contributed by atoms with E-state index in [1.165, 1.54) is 24.5 Å². The molecular formula is C14H9FO3S. The molecule has 3 aromatic rings. The summed E-state index contributed by atoms with van der Waals surface area (Å²) < 4.78 is 23.8. The number of ether oxygens (including phenoxy) is 1. The lowest BCUT2D eigenvalue weighted by Gasteiger charge is -1.92. The Morgan fingerprint density at radius 3 is 2.89 bits per heavy atom. The van der Waals surface area contributed by atoms with Gasteiger partial charge in [0.1, 0.15) is 5.75 Å². The molecule has 0 bridgehead atoms. The first-order valence-electron chi connectivity index (χ1n) is 5.54. The highest BCUT2D eigenvalue weighted by Crippen LogP contribution is 2.27. The molecule has 0 aliphatic rings. The van der Waals surface area contributed by atoms with Gasteiger partial charge in [-0.05, 0) is 12.1 Å². The van der Waals surface area contributed by atoms with Crippen LogP contribution in [-0.4, -0.2) is 12.9 Å². The molecule has 2 heterocycles. The quantitative estimate of drug-likeness (QED) is 0.682. The lowest BCUT2D eigenvalue weighted by molar-refractivity contribution is 0.101. The van der Waals surface area contributed by atoms with Crippen molar-refractivity contribution in [2.24, 2.45) is 0 Å². The van der Waals surface area contributed by atoms with Gasteiger partial charge in [0.25, 0.3) is 0 Å². The smallest absolute Gasteiger partial charge is 0.238 e. The maximum atomic E-state index is 13.5. The highest BCUT2D eigenvalue weighted by Gasteiger charge is 2.18. The predicted molar refractivity (Wildman–Crippen MR) is 70.5 cm³/mol. The first-order valence-corrected chi connectivity index (χ1v) is 6.42. The molecule has 0 aliphatic carbocycles. The number of methoxy groups -OCH3 is 1. The molecule has 96 valence electrons. The molecule has 0 saturated heterocycles. The van der Waals surface area contributed by atoms with Gasteiger partial charge in [0.2, 0.25) is 5.78 Å². The second-order valence-corrected chi connectivity index (χ2v) is 4.86. The zero-order valence-corrected chi connectivity index (χ0v) is 10.8. The van der Waals surface area contributed by atoms with Gasteiger partial charge in [-0.25, -0.2) is 4.39 Å². The SMILES string of the molecule is COc1csc(C(=O)c2cc3cccc(F)c3o2)c1. The summed E-state index contributed by atoms with van der Waals surface area (Å²) in [7, 11) is 1.53. The van der Waals surface area contributed by atoms with E-state index in [-0.39, 0.29) is 17.1 Å². The lowest BCUT2D eigenvalue weighted by Crippen LogP contribution is -1.95. The molecule has 0 spiro atoms. The zero-order chi connectivity index (χ0) is 13.4. The molecule has 3 nitrogen and oxygen atoms in total. The minimum atomic E-state index is -0.472. The minimum Gasteiger partial charge on any atom is -0.496 e. The average Bonchev–Trinajstić information content (AvgIpc) is 3.05. The van der Waals surface area contributed by atoms with Crippen molar-refractivity contribution in [2.75, 3.05) is 7.11 Å². The van der Waals surface area contributed by atoms with Crippen molar-refractivity contribution >= 4 is 28.1 Å². The van der Waals surface area contributed by atoms with Crippen LogP contribution in [0.1, 0.15) is 15.4 Å². The van der Waals surface area contributed by atoms with Gasteiger partial charge in [-0.3, -0.25) is 4.79 Å². The summed E-state index contributed by atoms with van der Waals surface area (Å²) in [5, 5.41) is 2.31. The first kappa shape index (κ1) is 11.9. The van der Waals surface area contributed by atoms with Crippen LogP contribution in [-0.2, 0) is 0 Å². The van der Waals surface area contributed by atoms with Crippen LogP contribution in [0, 0.1) is 5.82 Å². The molecule has 0 atom stereocenters. The van der Waals surface area contributed by atoms with Crippen molar-refractivity contribution in [2.45, 2.75) is 0 Å². The molecule has 1 aromatic carbocycles. The van der Waals surface area contributed by atoms with E-state index in [0.717, 1.165) is 0 Å². The number of para-hydroxylation sites is 1. The largest absolute Gasteiger partial charge is 0.496 e. The molecule has 0 saturated carbocycles. The number of thiophene rings is 1. The topological polar surface area (TPSA) is 39.4 Å². The van der Waals surface area contributed by atoms with E-state index in [4.69, 9.17) is 9.15 Å². The fourth-order valence-electron chi connectivity index (χ4n) is 1.81. The molecule has 19 heavy (non-hydrogen) atoms. The Morgan fingerprint density at radius 1 is 1.37 bits per heavy atom. The van der Waals surface area contributed by atoms with Gasteiger partial charge in [0, 0.05) is 16.8 Å². The number of carbonyl (C=O) groups is 1. The minimum absolute atomic E-state index is 0.106. The third-order valence-corrected chi connectivity index (χ3v) is 3.66. The van der Waals surface area contributed by atoms with Gasteiger partial charge < -0.3 is 9.15 Å². The monoisotopic (exact) mass is 276 g/mol. The number of hydrogen-bond acceptors (Lipinski definition) is 4. The van der Waals surface area contributed by atoms with E-state index in [9.17, 15) is 9.18 Å². The van der Waals surface area contributed by atoms with Gasteiger partial charge in [-0.2, -0.15) is 0 Å². The van der Waals surface area contributed by atoms with E-state index in [1.54, 1.807) is 29.6 Å². The van der Waals surface area contributed by atoms with Crippen LogP contribution in [0.3, 0.4) is 0 Å². The van der Waals surface area contributed by atoms with Gasteiger partial charge in [-0.15, -0.1) is 11.3 Å². The van der Waals surface area contributed by atoms with E-state index >= 15 is 0 Å². The van der Waals surface area contributed by atoms with Crippen LogP contribution in [0.4, 0.5) is 4.39 Å². The summed E-state index contributed by atoms with van der Waals surface area (Å²) in [4.78, 5) is 12.7. The molecule has 0 fully saturated rings. The van der Waals surface area contributed by atoms with Gasteiger partial charge in [-0.1, -0.05) is 12.1 Å². The second-order valence-electron chi connectivity index (χ2n) is 3.95. The highest BCUT2D eigenvalue weighted by molar-refractivity contribution is 7.12. The fraction of sp³-hybridized carbons (Fsp3) is 0.0714. The van der Waals surface area contributed by atoms with Crippen molar-refractivity contribution in [3.8, 4) is 5.75 Å².